The molecule has 0 N–H and O–H groups in total. The van der Waals surface area contributed by atoms with Crippen LogP contribution in [0.1, 0.15) is 31.8 Å². The molecule has 0 radical (unpaired) electrons. The van der Waals surface area contributed by atoms with Crippen LogP contribution < -0.4 is 0 Å². The maximum atomic E-state index is 8.69. The first-order valence-electron chi connectivity index (χ1n) is 17.5. The zero-order chi connectivity index (χ0) is 33.5. The lowest BCUT2D eigenvalue weighted by molar-refractivity contribution is 0.658. The summed E-state index contributed by atoms with van der Waals surface area (Å²) in [5.74, 6) is 0. The molecule has 0 unspecified atom stereocenters. The van der Waals surface area contributed by atoms with Gasteiger partial charge in [0.1, 0.15) is 11.2 Å². The first-order valence-corrected chi connectivity index (χ1v) is 15.0. The quantitative estimate of drug-likeness (QED) is 0.190. The Labute approximate surface area is 262 Å². The number of benzene rings is 8. The highest BCUT2D eigenvalue weighted by Gasteiger charge is 2.36. The summed E-state index contributed by atoms with van der Waals surface area (Å²) < 4.78 is 48.9. The normalized spacial score (nSPS) is 15.5. The molecular weight excluding hydrogens is 532 g/mol. The third kappa shape index (κ3) is 3.04. The summed E-state index contributed by atoms with van der Waals surface area (Å²) in [6.07, 6.45) is 0. The largest absolute Gasteiger partial charge is 0.455 e. The number of hydrogen-bond donors (Lipinski definition) is 0. The highest BCUT2D eigenvalue weighted by molar-refractivity contribution is 6.28. The van der Waals surface area contributed by atoms with E-state index < -0.39 is 0 Å². The highest BCUT2D eigenvalue weighted by atomic mass is 16.3. The number of para-hydroxylation sites is 1. The number of fused-ring (bicyclic) bond motifs is 6. The van der Waals surface area contributed by atoms with Crippen LogP contribution in [0.4, 0.5) is 0 Å². The van der Waals surface area contributed by atoms with Crippen LogP contribution in [-0.4, -0.2) is 0 Å². The number of rotatable bonds is 2. The maximum absolute atomic E-state index is 8.69. The minimum Gasteiger partial charge on any atom is -0.455 e. The van der Waals surface area contributed by atoms with E-state index in [1.165, 1.54) is 22.3 Å². The lowest BCUT2D eigenvalue weighted by atomic mass is 9.82. The Hall–Kier alpha value is -5.40. The van der Waals surface area contributed by atoms with Gasteiger partial charge in [0.2, 0.25) is 0 Å². The Morgan fingerprint density at radius 1 is 0.523 bits per heavy atom. The van der Waals surface area contributed by atoms with Crippen molar-refractivity contribution in [1.29, 1.82) is 0 Å². The van der Waals surface area contributed by atoms with E-state index >= 15 is 0 Å². The standard InChI is InChI=1S/C43H28O/c1-43(2)37-14-7-6-11-30(37)35-24-39-36(23-38(35)43)34-13-8-12-33(42(34)44-39)29-20-16-27-17-21-31-28(25-9-4-3-5-10-25)19-15-26-18-22-32(29)41(27)40(26)31/h3-24H,1-2H3/i3D,4D,5D,9D,10D. The van der Waals surface area contributed by atoms with Gasteiger partial charge >= 0.3 is 0 Å². The van der Waals surface area contributed by atoms with Gasteiger partial charge in [-0.2, -0.15) is 0 Å². The predicted molar refractivity (Wildman–Crippen MR) is 186 cm³/mol. The van der Waals surface area contributed by atoms with Crippen molar-refractivity contribution in [3.05, 3.63) is 144 Å². The lowest BCUT2D eigenvalue weighted by Crippen LogP contribution is -2.14. The summed E-state index contributed by atoms with van der Waals surface area (Å²) >= 11 is 0. The van der Waals surface area contributed by atoms with Crippen LogP contribution in [0.3, 0.4) is 0 Å². The molecule has 1 nitrogen and oxygen atoms in total. The van der Waals surface area contributed by atoms with Crippen molar-refractivity contribution in [3.8, 4) is 33.4 Å². The van der Waals surface area contributed by atoms with E-state index in [1.54, 1.807) is 0 Å². The molecule has 1 heteroatoms. The Kier molecular flexibility index (Phi) is 3.75. The molecule has 206 valence electrons. The zero-order valence-corrected chi connectivity index (χ0v) is 24.2. The number of furan rings is 1. The van der Waals surface area contributed by atoms with Crippen molar-refractivity contribution in [3.63, 3.8) is 0 Å². The van der Waals surface area contributed by atoms with E-state index in [2.05, 4.69) is 98.8 Å². The molecule has 0 amide bonds. The zero-order valence-electron chi connectivity index (χ0n) is 29.2. The van der Waals surface area contributed by atoms with Gasteiger partial charge in [-0.1, -0.05) is 135 Å². The molecule has 0 bridgehead atoms. The average molecular weight is 566 g/mol. The van der Waals surface area contributed by atoms with Crippen LogP contribution in [0.15, 0.2) is 138 Å². The lowest BCUT2D eigenvalue weighted by Gasteiger charge is -2.21. The van der Waals surface area contributed by atoms with Gasteiger partial charge in [-0.25, -0.2) is 0 Å². The summed E-state index contributed by atoms with van der Waals surface area (Å²) in [7, 11) is 0. The van der Waals surface area contributed by atoms with Gasteiger partial charge in [0.05, 0.1) is 6.85 Å². The second-order valence-corrected chi connectivity index (χ2v) is 12.5. The summed E-state index contributed by atoms with van der Waals surface area (Å²) in [5.41, 5.74) is 9.66. The minimum atomic E-state index is -0.390. The molecule has 9 aromatic rings. The molecule has 8 aromatic carbocycles. The third-order valence-electron chi connectivity index (χ3n) is 9.92. The maximum Gasteiger partial charge on any atom is 0.143 e. The molecule has 0 saturated carbocycles. The first-order chi connectivity index (χ1) is 23.6. The van der Waals surface area contributed by atoms with Gasteiger partial charge in [0.25, 0.3) is 0 Å². The molecule has 0 fully saturated rings. The van der Waals surface area contributed by atoms with Crippen molar-refractivity contribution in [1.82, 2.24) is 0 Å². The van der Waals surface area contributed by atoms with Crippen LogP contribution in [0.5, 0.6) is 0 Å². The van der Waals surface area contributed by atoms with Gasteiger partial charge in [0, 0.05) is 21.8 Å². The monoisotopic (exact) mass is 565 g/mol. The Morgan fingerprint density at radius 2 is 1.20 bits per heavy atom. The van der Waals surface area contributed by atoms with Crippen LogP contribution >= 0.6 is 0 Å². The molecular formula is C43H28O. The van der Waals surface area contributed by atoms with Gasteiger partial charge < -0.3 is 4.42 Å². The fourth-order valence-corrected chi connectivity index (χ4v) is 7.84. The molecule has 0 atom stereocenters. The number of hydrogen-bond acceptors (Lipinski definition) is 1. The molecule has 0 aliphatic heterocycles. The second-order valence-electron chi connectivity index (χ2n) is 12.5. The van der Waals surface area contributed by atoms with Gasteiger partial charge in [-0.05, 0) is 83.4 Å². The fraction of sp³-hybridized carbons (Fsp3) is 0.0698. The van der Waals surface area contributed by atoms with Crippen molar-refractivity contribution in [2.75, 3.05) is 0 Å². The molecule has 0 spiro atoms. The Morgan fingerprint density at radius 3 is 2.00 bits per heavy atom. The molecule has 1 aliphatic rings. The SMILES string of the molecule is [2H]c1c([2H])c([2H])c(-c2ccc3ccc4c(-c5cccc6c5oc5cc7c(cc56)C(C)(C)c5ccccc5-7)ccc5ccc2c3c54)c([2H])c1[2H]. The predicted octanol–water partition coefficient (Wildman–Crippen LogP) is 12.1. The molecule has 1 heterocycles. The van der Waals surface area contributed by atoms with Crippen LogP contribution in [0, 0.1) is 0 Å². The van der Waals surface area contributed by atoms with Crippen molar-refractivity contribution >= 4 is 54.3 Å². The van der Waals surface area contributed by atoms with E-state index in [-0.39, 0.29) is 41.2 Å². The smallest absolute Gasteiger partial charge is 0.143 e. The van der Waals surface area contributed by atoms with Gasteiger partial charge in [-0.3, -0.25) is 0 Å². The summed E-state index contributed by atoms with van der Waals surface area (Å²) in [5, 5.41) is 8.30. The Balaban J connectivity index is 1.23. The second kappa shape index (κ2) is 8.36. The molecule has 10 rings (SSSR count). The summed E-state index contributed by atoms with van der Waals surface area (Å²) in [6.45, 7) is 4.59. The fourth-order valence-electron chi connectivity index (χ4n) is 7.84. The van der Waals surface area contributed by atoms with E-state index in [0.29, 0.717) is 5.56 Å². The van der Waals surface area contributed by atoms with Crippen LogP contribution in [0.2, 0.25) is 0 Å². The Bertz CT molecular complexity index is 2890. The first kappa shape index (κ1) is 19.7. The van der Waals surface area contributed by atoms with Crippen LogP contribution in [0.25, 0.3) is 87.6 Å². The summed E-state index contributed by atoms with van der Waals surface area (Å²) in [6, 6.07) is 34.7. The highest BCUT2D eigenvalue weighted by Crippen LogP contribution is 2.51. The molecule has 0 saturated heterocycles. The van der Waals surface area contributed by atoms with E-state index in [1.807, 2.05) is 18.2 Å². The molecule has 44 heavy (non-hydrogen) atoms. The average Bonchev–Trinajstić information content (AvgIpc) is 3.60. The van der Waals surface area contributed by atoms with Gasteiger partial charge in [-0.15, -0.1) is 0 Å². The van der Waals surface area contributed by atoms with E-state index in [0.717, 1.165) is 65.4 Å². The van der Waals surface area contributed by atoms with Crippen molar-refractivity contribution < 1.29 is 11.3 Å². The molecule has 1 aromatic heterocycles. The van der Waals surface area contributed by atoms with Gasteiger partial charge in [0.15, 0.2) is 0 Å². The minimum absolute atomic E-state index is 0.110. The topological polar surface area (TPSA) is 13.1 Å². The third-order valence-corrected chi connectivity index (χ3v) is 9.92. The summed E-state index contributed by atoms with van der Waals surface area (Å²) in [4.78, 5) is 0. The molecule has 1 aliphatic carbocycles. The van der Waals surface area contributed by atoms with E-state index in [9.17, 15) is 0 Å². The van der Waals surface area contributed by atoms with Crippen molar-refractivity contribution in [2.45, 2.75) is 19.3 Å². The van der Waals surface area contributed by atoms with Crippen LogP contribution in [-0.2, 0) is 5.41 Å². The van der Waals surface area contributed by atoms with E-state index in [4.69, 9.17) is 11.3 Å². The van der Waals surface area contributed by atoms with Crippen molar-refractivity contribution in [2.24, 2.45) is 0 Å².